The van der Waals surface area contributed by atoms with Crippen molar-refractivity contribution in [1.29, 1.82) is 0 Å². The van der Waals surface area contributed by atoms with Gasteiger partial charge >= 0.3 is 0 Å². The van der Waals surface area contributed by atoms with E-state index in [1.54, 1.807) is 12.4 Å². The van der Waals surface area contributed by atoms with Crippen molar-refractivity contribution >= 4 is 5.95 Å². The summed E-state index contributed by atoms with van der Waals surface area (Å²) in [4.78, 5) is 10.7. The van der Waals surface area contributed by atoms with Crippen molar-refractivity contribution in [1.82, 2.24) is 9.97 Å². The van der Waals surface area contributed by atoms with E-state index in [9.17, 15) is 4.39 Å². The monoisotopic (exact) mass is 314 g/mol. The molecule has 1 aromatic carbocycles. The minimum Gasteiger partial charge on any atom is -0.489 e. The molecule has 0 fully saturated rings. The number of rotatable bonds is 5. The molecule has 0 radical (unpaired) electrons. The third kappa shape index (κ3) is 3.65. The van der Waals surface area contributed by atoms with Crippen LogP contribution in [0.2, 0.25) is 0 Å². The zero-order valence-electron chi connectivity index (χ0n) is 12.8. The van der Waals surface area contributed by atoms with Gasteiger partial charge in [-0.3, -0.25) is 0 Å². The normalized spacial score (nSPS) is 14.5. The highest BCUT2D eigenvalue weighted by atomic mass is 19.1. The van der Waals surface area contributed by atoms with Gasteiger partial charge in [0.2, 0.25) is 5.95 Å². The maximum absolute atomic E-state index is 12.5. The number of anilines is 1. The fourth-order valence-electron chi connectivity index (χ4n) is 2.56. The van der Waals surface area contributed by atoms with E-state index >= 15 is 0 Å². The Morgan fingerprint density at radius 1 is 1.30 bits per heavy atom. The SMILES string of the molecule is NC/C(=C\F)COc1ccc2c(c1)CCN(c1ncccn1)C2. The van der Waals surface area contributed by atoms with Crippen LogP contribution in [-0.4, -0.2) is 29.7 Å². The minimum absolute atomic E-state index is 0.160. The molecule has 0 atom stereocenters. The van der Waals surface area contributed by atoms with Crippen LogP contribution >= 0.6 is 0 Å². The molecule has 0 saturated carbocycles. The van der Waals surface area contributed by atoms with Gasteiger partial charge in [0.05, 0.1) is 6.33 Å². The summed E-state index contributed by atoms with van der Waals surface area (Å²) in [5.41, 5.74) is 8.34. The predicted octanol–water partition coefficient (Wildman–Crippen LogP) is 2.23. The lowest BCUT2D eigenvalue weighted by atomic mass is 10.00. The molecule has 1 aliphatic rings. The van der Waals surface area contributed by atoms with Crippen LogP contribution in [0.1, 0.15) is 11.1 Å². The molecule has 6 heteroatoms. The fourth-order valence-corrected chi connectivity index (χ4v) is 2.56. The summed E-state index contributed by atoms with van der Waals surface area (Å²) in [5, 5.41) is 0. The molecule has 120 valence electrons. The quantitative estimate of drug-likeness (QED) is 0.917. The Hall–Kier alpha value is -2.47. The van der Waals surface area contributed by atoms with Gasteiger partial charge in [-0.25, -0.2) is 14.4 Å². The number of hydrogen-bond acceptors (Lipinski definition) is 5. The number of nitrogens with two attached hydrogens (primary N) is 1. The third-order valence-electron chi connectivity index (χ3n) is 3.87. The number of hydrogen-bond donors (Lipinski definition) is 1. The predicted molar refractivity (Wildman–Crippen MR) is 87.0 cm³/mol. The van der Waals surface area contributed by atoms with Gasteiger partial charge in [-0.15, -0.1) is 0 Å². The molecule has 23 heavy (non-hydrogen) atoms. The molecule has 1 aromatic heterocycles. The van der Waals surface area contributed by atoms with Crippen molar-refractivity contribution in [2.24, 2.45) is 5.73 Å². The third-order valence-corrected chi connectivity index (χ3v) is 3.87. The van der Waals surface area contributed by atoms with Gasteiger partial charge in [0.15, 0.2) is 0 Å². The molecule has 0 spiro atoms. The van der Waals surface area contributed by atoms with Gasteiger partial charge in [0, 0.05) is 37.6 Å². The van der Waals surface area contributed by atoms with E-state index in [0.29, 0.717) is 11.9 Å². The molecule has 0 saturated heterocycles. The van der Waals surface area contributed by atoms with E-state index in [1.807, 2.05) is 24.3 Å². The summed E-state index contributed by atoms with van der Waals surface area (Å²) < 4.78 is 18.1. The highest BCUT2D eigenvalue weighted by molar-refractivity contribution is 5.43. The van der Waals surface area contributed by atoms with E-state index in [1.165, 1.54) is 11.1 Å². The van der Waals surface area contributed by atoms with Gasteiger partial charge < -0.3 is 15.4 Å². The molecule has 3 rings (SSSR count). The van der Waals surface area contributed by atoms with Gasteiger partial charge in [0.1, 0.15) is 12.4 Å². The Balaban J connectivity index is 1.69. The van der Waals surface area contributed by atoms with E-state index in [0.717, 1.165) is 31.2 Å². The van der Waals surface area contributed by atoms with Crippen molar-refractivity contribution < 1.29 is 9.13 Å². The van der Waals surface area contributed by atoms with Crippen molar-refractivity contribution in [2.45, 2.75) is 13.0 Å². The summed E-state index contributed by atoms with van der Waals surface area (Å²) in [6, 6.07) is 7.78. The van der Waals surface area contributed by atoms with Crippen molar-refractivity contribution in [3.63, 3.8) is 0 Å². The molecule has 2 heterocycles. The van der Waals surface area contributed by atoms with Crippen molar-refractivity contribution in [3.8, 4) is 5.75 Å². The fraction of sp³-hybridized carbons (Fsp3) is 0.294. The number of fused-ring (bicyclic) bond motifs is 1. The number of ether oxygens (including phenoxy) is 1. The van der Waals surface area contributed by atoms with Crippen LogP contribution in [-0.2, 0) is 13.0 Å². The highest BCUT2D eigenvalue weighted by Gasteiger charge is 2.18. The van der Waals surface area contributed by atoms with Crippen molar-refractivity contribution in [2.75, 3.05) is 24.6 Å². The first kappa shape index (κ1) is 15.4. The van der Waals surface area contributed by atoms with E-state index in [4.69, 9.17) is 10.5 Å². The van der Waals surface area contributed by atoms with E-state index in [2.05, 4.69) is 14.9 Å². The summed E-state index contributed by atoms with van der Waals surface area (Å²) in [6.45, 7) is 1.97. The molecular weight excluding hydrogens is 295 g/mol. The molecule has 0 bridgehead atoms. The Kier molecular flexibility index (Phi) is 4.83. The van der Waals surface area contributed by atoms with Crippen LogP contribution in [0.3, 0.4) is 0 Å². The highest BCUT2D eigenvalue weighted by Crippen LogP contribution is 2.25. The van der Waals surface area contributed by atoms with Crippen LogP contribution in [0.15, 0.2) is 48.6 Å². The van der Waals surface area contributed by atoms with Crippen LogP contribution in [0, 0.1) is 0 Å². The van der Waals surface area contributed by atoms with E-state index < -0.39 is 0 Å². The first-order valence-electron chi connectivity index (χ1n) is 7.55. The van der Waals surface area contributed by atoms with Gasteiger partial charge in [0.25, 0.3) is 0 Å². The Labute approximate surface area is 134 Å². The molecule has 0 aliphatic carbocycles. The molecule has 2 N–H and O–H groups in total. The molecule has 0 unspecified atom stereocenters. The second-order valence-corrected chi connectivity index (χ2v) is 5.41. The lowest BCUT2D eigenvalue weighted by Crippen LogP contribution is -2.31. The first-order valence-corrected chi connectivity index (χ1v) is 7.55. The van der Waals surface area contributed by atoms with Crippen molar-refractivity contribution in [3.05, 3.63) is 59.7 Å². The standard InChI is InChI=1S/C17H19FN4O/c18-9-13(10-19)12-23-16-3-2-15-11-22(7-4-14(15)8-16)17-20-5-1-6-21-17/h1-3,5-6,8-9H,4,7,10-12,19H2/b13-9+. The second kappa shape index (κ2) is 7.19. The lowest BCUT2D eigenvalue weighted by molar-refractivity contribution is 0.347. The Morgan fingerprint density at radius 2 is 2.13 bits per heavy atom. The van der Waals surface area contributed by atoms with Crippen LogP contribution in [0.25, 0.3) is 0 Å². The average Bonchev–Trinajstić information content (AvgIpc) is 2.63. The maximum atomic E-state index is 12.5. The van der Waals surface area contributed by atoms with Crippen LogP contribution in [0.4, 0.5) is 10.3 Å². The molecule has 1 aliphatic heterocycles. The van der Waals surface area contributed by atoms with Gasteiger partial charge in [-0.05, 0) is 35.7 Å². The van der Waals surface area contributed by atoms with Gasteiger partial charge in [-0.1, -0.05) is 6.07 Å². The molecular formula is C17H19FN4O. The first-order chi connectivity index (χ1) is 11.3. The smallest absolute Gasteiger partial charge is 0.225 e. The van der Waals surface area contributed by atoms with Crippen LogP contribution < -0.4 is 15.4 Å². The summed E-state index contributed by atoms with van der Waals surface area (Å²) in [5.74, 6) is 1.49. The second-order valence-electron chi connectivity index (χ2n) is 5.41. The zero-order chi connectivity index (χ0) is 16.1. The number of halogens is 1. The lowest BCUT2D eigenvalue weighted by Gasteiger charge is -2.29. The average molecular weight is 314 g/mol. The van der Waals surface area contributed by atoms with Crippen LogP contribution in [0.5, 0.6) is 5.75 Å². The number of nitrogens with zero attached hydrogens (tertiary/aromatic N) is 3. The van der Waals surface area contributed by atoms with Gasteiger partial charge in [-0.2, -0.15) is 0 Å². The summed E-state index contributed by atoms with van der Waals surface area (Å²) in [6.07, 6.45) is 4.91. The number of benzene rings is 1. The molecule has 2 aromatic rings. The molecule has 5 nitrogen and oxygen atoms in total. The Morgan fingerprint density at radius 3 is 2.87 bits per heavy atom. The largest absolute Gasteiger partial charge is 0.489 e. The summed E-state index contributed by atoms with van der Waals surface area (Å²) >= 11 is 0. The topological polar surface area (TPSA) is 64.3 Å². The van der Waals surface area contributed by atoms with E-state index in [-0.39, 0.29) is 13.2 Å². The number of aromatic nitrogens is 2. The Bertz CT molecular complexity index is 690. The molecule has 0 amide bonds. The maximum Gasteiger partial charge on any atom is 0.225 e. The zero-order valence-corrected chi connectivity index (χ0v) is 12.8. The summed E-state index contributed by atoms with van der Waals surface area (Å²) in [7, 11) is 0. The minimum atomic E-state index is 0.160.